The van der Waals surface area contributed by atoms with E-state index in [0.29, 0.717) is 10.6 Å². The highest BCUT2D eigenvalue weighted by atomic mass is 35.5. The average molecular weight is 251 g/mol. The summed E-state index contributed by atoms with van der Waals surface area (Å²) in [6.45, 7) is 0. The summed E-state index contributed by atoms with van der Waals surface area (Å²) in [6.07, 6.45) is 1.17. The van der Waals surface area contributed by atoms with Crippen LogP contribution < -0.4 is 5.73 Å². The topological polar surface area (TPSA) is 94.9 Å². The SMILES string of the molecule is Nc1ncnc(-c2ccccc2Cl)c1[N+](=O)[O-]. The molecule has 0 spiro atoms. The third-order valence-corrected chi connectivity index (χ3v) is 2.49. The molecule has 0 fully saturated rings. The molecule has 0 aliphatic heterocycles. The Kier molecular flexibility index (Phi) is 2.88. The van der Waals surface area contributed by atoms with Crippen molar-refractivity contribution in [1.29, 1.82) is 0 Å². The number of nitrogens with two attached hydrogens (primary N) is 1. The van der Waals surface area contributed by atoms with E-state index >= 15 is 0 Å². The fourth-order valence-electron chi connectivity index (χ4n) is 1.42. The third-order valence-electron chi connectivity index (χ3n) is 2.16. The van der Waals surface area contributed by atoms with Crippen LogP contribution in [0.4, 0.5) is 11.5 Å². The van der Waals surface area contributed by atoms with Gasteiger partial charge in [0.15, 0.2) is 5.69 Å². The van der Waals surface area contributed by atoms with Gasteiger partial charge in [-0.2, -0.15) is 0 Å². The van der Waals surface area contributed by atoms with Crippen LogP contribution in [-0.4, -0.2) is 14.9 Å². The Morgan fingerprint density at radius 2 is 2.00 bits per heavy atom. The highest BCUT2D eigenvalue weighted by Gasteiger charge is 2.23. The first-order chi connectivity index (χ1) is 8.11. The maximum absolute atomic E-state index is 10.9. The van der Waals surface area contributed by atoms with Gasteiger partial charge >= 0.3 is 5.69 Å². The van der Waals surface area contributed by atoms with Crippen LogP contribution in [0.1, 0.15) is 0 Å². The van der Waals surface area contributed by atoms with Gasteiger partial charge in [-0.1, -0.05) is 29.8 Å². The van der Waals surface area contributed by atoms with E-state index < -0.39 is 4.92 Å². The zero-order valence-corrected chi connectivity index (χ0v) is 9.26. The molecule has 1 aromatic carbocycles. The smallest absolute Gasteiger partial charge is 0.337 e. The Labute approximate surface area is 101 Å². The van der Waals surface area contributed by atoms with Gasteiger partial charge in [0.2, 0.25) is 5.82 Å². The van der Waals surface area contributed by atoms with Crippen molar-refractivity contribution in [3.8, 4) is 11.3 Å². The Balaban J connectivity index is 2.72. The molecule has 2 rings (SSSR count). The molecule has 2 N–H and O–H groups in total. The second kappa shape index (κ2) is 4.34. The fourth-order valence-corrected chi connectivity index (χ4v) is 1.65. The quantitative estimate of drug-likeness (QED) is 0.652. The summed E-state index contributed by atoms with van der Waals surface area (Å²) in [5.74, 6) is -0.181. The normalized spacial score (nSPS) is 10.2. The number of rotatable bonds is 2. The summed E-state index contributed by atoms with van der Waals surface area (Å²) in [4.78, 5) is 17.8. The minimum Gasteiger partial charge on any atom is -0.378 e. The van der Waals surface area contributed by atoms with Crippen LogP contribution in [0.25, 0.3) is 11.3 Å². The van der Waals surface area contributed by atoms with E-state index in [2.05, 4.69) is 9.97 Å². The maximum atomic E-state index is 10.9. The highest BCUT2D eigenvalue weighted by molar-refractivity contribution is 6.33. The molecule has 1 aromatic heterocycles. The number of hydrogen-bond acceptors (Lipinski definition) is 5. The molecule has 0 atom stereocenters. The monoisotopic (exact) mass is 250 g/mol. The number of aromatic nitrogens is 2. The van der Waals surface area contributed by atoms with E-state index in [4.69, 9.17) is 17.3 Å². The minimum atomic E-state index is -0.617. The molecule has 0 unspecified atom stereocenters. The highest BCUT2D eigenvalue weighted by Crippen LogP contribution is 2.34. The molecule has 0 aliphatic rings. The van der Waals surface area contributed by atoms with Crippen molar-refractivity contribution >= 4 is 23.1 Å². The summed E-state index contributed by atoms with van der Waals surface area (Å²) in [5.41, 5.74) is 5.71. The van der Waals surface area contributed by atoms with Gasteiger partial charge in [-0.3, -0.25) is 10.1 Å². The first-order valence-electron chi connectivity index (χ1n) is 4.61. The lowest BCUT2D eigenvalue weighted by atomic mass is 10.1. The predicted molar refractivity (Wildman–Crippen MR) is 63.5 cm³/mol. The maximum Gasteiger partial charge on any atom is 0.337 e. The van der Waals surface area contributed by atoms with Crippen LogP contribution in [0.3, 0.4) is 0 Å². The van der Waals surface area contributed by atoms with E-state index in [1.807, 2.05) is 0 Å². The lowest BCUT2D eigenvalue weighted by Crippen LogP contribution is -2.02. The van der Waals surface area contributed by atoms with Crippen LogP contribution in [0.2, 0.25) is 5.02 Å². The third kappa shape index (κ3) is 2.02. The lowest BCUT2D eigenvalue weighted by Gasteiger charge is -2.04. The molecule has 0 amide bonds. The number of nitrogen functional groups attached to an aromatic ring is 1. The van der Waals surface area contributed by atoms with Gasteiger partial charge in [-0.25, -0.2) is 9.97 Å². The van der Waals surface area contributed by atoms with E-state index in [9.17, 15) is 10.1 Å². The molecule has 17 heavy (non-hydrogen) atoms. The standard InChI is InChI=1S/C10H7ClN4O2/c11-7-4-2-1-3-6(7)8-9(15(16)17)10(12)14-5-13-8/h1-5H,(H2,12,13,14). The number of benzene rings is 1. The van der Waals surface area contributed by atoms with Gasteiger partial charge in [0.1, 0.15) is 6.33 Å². The molecular formula is C10H7ClN4O2. The van der Waals surface area contributed by atoms with Gasteiger partial charge in [-0.05, 0) is 6.07 Å². The molecule has 0 radical (unpaired) electrons. The van der Waals surface area contributed by atoms with Crippen molar-refractivity contribution in [2.75, 3.05) is 5.73 Å². The summed E-state index contributed by atoms with van der Waals surface area (Å²) in [5, 5.41) is 11.3. The Hall–Kier alpha value is -2.21. The molecule has 86 valence electrons. The molecule has 0 bridgehead atoms. The summed E-state index contributed by atoms with van der Waals surface area (Å²) < 4.78 is 0. The Morgan fingerprint density at radius 1 is 1.29 bits per heavy atom. The molecule has 2 aromatic rings. The summed E-state index contributed by atoms with van der Waals surface area (Å²) in [7, 11) is 0. The first-order valence-corrected chi connectivity index (χ1v) is 4.99. The minimum absolute atomic E-state index is 0.119. The van der Waals surface area contributed by atoms with E-state index in [1.165, 1.54) is 6.33 Å². The number of nitro groups is 1. The molecular weight excluding hydrogens is 244 g/mol. The Morgan fingerprint density at radius 3 is 2.65 bits per heavy atom. The van der Waals surface area contributed by atoms with Crippen LogP contribution in [0, 0.1) is 10.1 Å². The zero-order chi connectivity index (χ0) is 12.4. The second-order valence-electron chi connectivity index (χ2n) is 3.19. The van der Waals surface area contributed by atoms with Crippen LogP contribution in [-0.2, 0) is 0 Å². The van der Waals surface area contributed by atoms with Crippen molar-refractivity contribution in [2.45, 2.75) is 0 Å². The number of nitrogens with zero attached hydrogens (tertiary/aromatic N) is 3. The van der Waals surface area contributed by atoms with E-state index in [0.717, 1.165) is 0 Å². The number of anilines is 1. The van der Waals surface area contributed by atoms with E-state index in [-0.39, 0.29) is 17.2 Å². The van der Waals surface area contributed by atoms with Gasteiger partial charge < -0.3 is 5.73 Å². The van der Waals surface area contributed by atoms with Crippen molar-refractivity contribution < 1.29 is 4.92 Å². The van der Waals surface area contributed by atoms with Gasteiger partial charge in [-0.15, -0.1) is 0 Å². The molecule has 0 saturated carbocycles. The van der Waals surface area contributed by atoms with Crippen LogP contribution >= 0.6 is 11.6 Å². The van der Waals surface area contributed by atoms with Crippen molar-refractivity contribution in [1.82, 2.24) is 9.97 Å². The number of hydrogen-bond donors (Lipinski definition) is 1. The summed E-state index contributed by atoms with van der Waals surface area (Å²) in [6, 6.07) is 6.70. The Bertz CT molecular complexity index is 588. The molecule has 0 aliphatic carbocycles. The molecule has 0 saturated heterocycles. The molecule has 6 nitrogen and oxygen atoms in total. The van der Waals surface area contributed by atoms with Crippen molar-refractivity contribution in [2.24, 2.45) is 0 Å². The van der Waals surface area contributed by atoms with Gasteiger partial charge in [0, 0.05) is 5.56 Å². The predicted octanol–water partition coefficient (Wildman–Crippen LogP) is 2.29. The van der Waals surface area contributed by atoms with Crippen LogP contribution in [0.5, 0.6) is 0 Å². The summed E-state index contributed by atoms with van der Waals surface area (Å²) >= 11 is 5.96. The number of halogens is 1. The largest absolute Gasteiger partial charge is 0.378 e. The first kappa shape index (κ1) is 11.3. The molecule has 7 heteroatoms. The molecule has 1 heterocycles. The zero-order valence-electron chi connectivity index (χ0n) is 8.50. The van der Waals surface area contributed by atoms with Gasteiger partial charge in [0.05, 0.1) is 9.95 Å². The lowest BCUT2D eigenvalue weighted by molar-refractivity contribution is -0.383. The van der Waals surface area contributed by atoms with E-state index in [1.54, 1.807) is 24.3 Å². The van der Waals surface area contributed by atoms with Crippen molar-refractivity contribution in [3.05, 3.63) is 45.7 Å². The average Bonchev–Trinajstić information content (AvgIpc) is 2.28. The fraction of sp³-hybridized carbons (Fsp3) is 0. The second-order valence-corrected chi connectivity index (χ2v) is 3.60. The van der Waals surface area contributed by atoms with Gasteiger partial charge in [0.25, 0.3) is 0 Å². The van der Waals surface area contributed by atoms with Crippen molar-refractivity contribution in [3.63, 3.8) is 0 Å². The van der Waals surface area contributed by atoms with Crippen LogP contribution in [0.15, 0.2) is 30.6 Å².